The number of hydrogen-bond donors (Lipinski definition) is 1. The lowest BCUT2D eigenvalue weighted by Gasteiger charge is -2.20. The Balaban J connectivity index is 4.03. The molecule has 0 unspecified atom stereocenters. The molecule has 0 aromatic heterocycles. The predicted octanol–water partition coefficient (Wildman–Crippen LogP) is 1.88. The number of nitrogens with zero attached hydrogens (tertiary/aromatic N) is 1. The van der Waals surface area contributed by atoms with E-state index in [2.05, 4.69) is 0 Å². The summed E-state index contributed by atoms with van der Waals surface area (Å²) in [5, 5.41) is 18.6. The van der Waals surface area contributed by atoms with Crippen LogP contribution < -0.4 is 0 Å². The van der Waals surface area contributed by atoms with E-state index >= 15 is 0 Å². The maximum atomic E-state index is 10.3. The Morgan fingerprint density at radius 1 is 1.50 bits per heavy atom. The molecule has 0 radical (unpaired) electrons. The molecule has 0 amide bonds. The van der Waals surface area contributed by atoms with E-state index in [0.29, 0.717) is 0 Å². The van der Waals surface area contributed by atoms with Crippen LogP contribution in [0.5, 0.6) is 0 Å². The summed E-state index contributed by atoms with van der Waals surface area (Å²) in [6, 6.07) is 0. The standard InChI is InChI=1S/C7H10Cl3NO5/c8-7(9,10)5(4-11(14)15)16-3-1-2-6(12)13/h5H,1-4H2,(H,12,13)/t5-/m1/s1. The van der Waals surface area contributed by atoms with Crippen LogP contribution in [0.15, 0.2) is 0 Å². The molecule has 0 aromatic carbocycles. The number of ether oxygens (including phenoxy) is 1. The molecule has 0 spiro atoms. The van der Waals surface area contributed by atoms with E-state index in [1.54, 1.807) is 0 Å². The van der Waals surface area contributed by atoms with Crippen LogP contribution in [0.25, 0.3) is 0 Å². The molecule has 6 nitrogen and oxygen atoms in total. The highest BCUT2D eigenvalue weighted by Gasteiger charge is 2.37. The highest BCUT2D eigenvalue weighted by Crippen LogP contribution is 2.32. The van der Waals surface area contributed by atoms with Gasteiger partial charge in [-0.15, -0.1) is 0 Å². The lowest BCUT2D eigenvalue weighted by molar-refractivity contribution is -0.491. The summed E-state index contributed by atoms with van der Waals surface area (Å²) in [4.78, 5) is 19.8. The number of halogens is 3. The minimum atomic E-state index is -1.91. The van der Waals surface area contributed by atoms with E-state index in [-0.39, 0.29) is 19.4 Å². The Hall–Kier alpha value is -0.300. The van der Waals surface area contributed by atoms with Gasteiger partial charge in [0, 0.05) is 18.0 Å². The van der Waals surface area contributed by atoms with Gasteiger partial charge in [0.1, 0.15) is 0 Å². The van der Waals surface area contributed by atoms with Gasteiger partial charge >= 0.3 is 5.97 Å². The number of nitro groups is 1. The van der Waals surface area contributed by atoms with Gasteiger partial charge in [0.05, 0.1) is 0 Å². The van der Waals surface area contributed by atoms with E-state index in [0.717, 1.165) is 0 Å². The summed E-state index contributed by atoms with van der Waals surface area (Å²) >= 11 is 16.4. The van der Waals surface area contributed by atoms with Crippen LogP contribution in [0.1, 0.15) is 12.8 Å². The van der Waals surface area contributed by atoms with E-state index in [1.807, 2.05) is 0 Å². The summed E-state index contributed by atoms with van der Waals surface area (Å²) in [5.74, 6) is -0.983. The second-order valence-corrected chi connectivity index (χ2v) is 5.28. The van der Waals surface area contributed by atoms with Gasteiger partial charge in [-0.05, 0) is 6.42 Å². The predicted molar refractivity (Wildman–Crippen MR) is 58.8 cm³/mol. The lowest BCUT2D eigenvalue weighted by atomic mass is 10.3. The smallest absolute Gasteiger partial charge is 0.303 e. The largest absolute Gasteiger partial charge is 0.481 e. The first kappa shape index (κ1) is 15.7. The number of carboxylic acid groups (broad SMARTS) is 1. The topological polar surface area (TPSA) is 89.7 Å². The Morgan fingerprint density at radius 3 is 2.44 bits per heavy atom. The highest BCUT2D eigenvalue weighted by molar-refractivity contribution is 6.68. The van der Waals surface area contributed by atoms with Gasteiger partial charge in [-0.3, -0.25) is 14.9 Å². The SMILES string of the molecule is O=C(O)CCCO[C@H](C[N+](=O)[O-])C(Cl)(Cl)Cl. The normalized spacial score (nSPS) is 13.4. The number of alkyl halides is 3. The highest BCUT2D eigenvalue weighted by atomic mass is 35.6. The van der Waals surface area contributed by atoms with Crippen molar-refractivity contribution in [1.29, 1.82) is 0 Å². The number of rotatable bonds is 7. The molecule has 0 heterocycles. The van der Waals surface area contributed by atoms with E-state index in [4.69, 9.17) is 44.6 Å². The Labute approximate surface area is 107 Å². The quantitative estimate of drug-likeness (QED) is 0.335. The zero-order valence-corrected chi connectivity index (χ0v) is 10.3. The average molecular weight is 295 g/mol. The van der Waals surface area contributed by atoms with Crippen molar-refractivity contribution in [2.24, 2.45) is 0 Å². The van der Waals surface area contributed by atoms with Crippen LogP contribution in [0.4, 0.5) is 0 Å². The van der Waals surface area contributed by atoms with Crippen molar-refractivity contribution in [1.82, 2.24) is 0 Å². The minimum Gasteiger partial charge on any atom is -0.481 e. The van der Waals surface area contributed by atoms with Crippen LogP contribution >= 0.6 is 34.8 Å². The number of aliphatic carboxylic acids is 1. The lowest BCUT2D eigenvalue weighted by Crippen LogP contribution is -2.36. The third-order valence-corrected chi connectivity index (χ3v) is 2.26. The summed E-state index contributed by atoms with van der Waals surface area (Å²) in [5.41, 5.74) is 0. The fourth-order valence-electron chi connectivity index (χ4n) is 0.835. The monoisotopic (exact) mass is 293 g/mol. The van der Waals surface area contributed by atoms with E-state index < -0.39 is 27.3 Å². The van der Waals surface area contributed by atoms with Crippen LogP contribution in [-0.2, 0) is 9.53 Å². The van der Waals surface area contributed by atoms with Gasteiger partial charge in [-0.25, -0.2) is 0 Å². The first-order chi connectivity index (χ1) is 7.23. The molecule has 1 atom stereocenters. The summed E-state index contributed by atoms with van der Waals surface area (Å²) < 4.78 is 3.06. The van der Waals surface area contributed by atoms with Crippen molar-refractivity contribution in [2.45, 2.75) is 22.7 Å². The Bertz CT molecular complexity index is 255. The molecule has 0 fully saturated rings. The van der Waals surface area contributed by atoms with Crippen molar-refractivity contribution in [2.75, 3.05) is 13.2 Å². The van der Waals surface area contributed by atoms with Gasteiger partial charge in [0.2, 0.25) is 10.3 Å². The van der Waals surface area contributed by atoms with Crippen molar-refractivity contribution >= 4 is 40.8 Å². The summed E-state index contributed by atoms with van der Waals surface area (Å²) in [6.07, 6.45) is -1.10. The van der Waals surface area contributed by atoms with Crippen LogP contribution in [-0.4, -0.2) is 39.0 Å². The minimum absolute atomic E-state index is 0.0152. The zero-order valence-electron chi connectivity index (χ0n) is 8.07. The van der Waals surface area contributed by atoms with Gasteiger partial charge < -0.3 is 9.84 Å². The molecule has 0 aliphatic heterocycles. The molecule has 0 bridgehead atoms. The molecule has 16 heavy (non-hydrogen) atoms. The zero-order chi connectivity index (χ0) is 12.8. The van der Waals surface area contributed by atoms with Crippen LogP contribution in [0, 0.1) is 10.1 Å². The van der Waals surface area contributed by atoms with Crippen LogP contribution in [0.2, 0.25) is 0 Å². The maximum Gasteiger partial charge on any atom is 0.303 e. The summed E-state index contributed by atoms with van der Waals surface area (Å²) in [6.45, 7) is -0.664. The number of carboxylic acids is 1. The second kappa shape index (κ2) is 7.11. The molecule has 1 N–H and O–H groups in total. The number of hydrogen-bond acceptors (Lipinski definition) is 4. The third kappa shape index (κ3) is 7.92. The van der Waals surface area contributed by atoms with E-state index in [9.17, 15) is 14.9 Å². The second-order valence-electron chi connectivity index (χ2n) is 2.91. The molecule has 94 valence electrons. The maximum absolute atomic E-state index is 10.3. The Kier molecular flexibility index (Phi) is 6.98. The van der Waals surface area contributed by atoms with Gasteiger partial charge in [-0.2, -0.15) is 0 Å². The van der Waals surface area contributed by atoms with Crippen molar-refractivity contribution < 1.29 is 19.6 Å². The molecule has 0 rings (SSSR count). The fraction of sp³-hybridized carbons (Fsp3) is 0.857. The molecule has 0 aliphatic rings. The molecule has 0 saturated heterocycles. The molecule has 9 heteroatoms. The number of carbonyl (C=O) groups is 1. The third-order valence-electron chi connectivity index (χ3n) is 1.53. The first-order valence-electron chi connectivity index (χ1n) is 4.25. The van der Waals surface area contributed by atoms with Gasteiger partial charge in [-0.1, -0.05) is 34.8 Å². The molecular formula is C7H10Cl3NO5. The average Bonchev–Trinajstić information content (AvgIpc) is 2.07. The van der Waals surface area contributed by atoms with Crippen molar-refractivity contribution in [3.05, 3.63) is 10.1 Å². The Morgan fingerprint density at radius 2 is 2.06 bits per heavy atom. The fourth-order valence-corrected chi connectivity index (χ4v) is 1.23. The van der Waals surface area contributed by atoms with Crippen molar-refractivity contribution in [3.8, 4) is 0 Å². The van der Waals surface area contributed by atoms with Gasteiger partial charge in [0.15, 0.2) is 6.10 Å². The van der Waals surface area contributed by atoms with Crippen molar-refractivity contribution in [3.63, 3.8) is 0 Å². The van der Waals surface area contributed by atoms with Crippen LogP contribution in [0.3, 0.4) is 0 Å². The first-order valence-corrected chi connectivity index (χ1v) is 5.38. The molecule has 0 saturated carbocycles. The molecular weight excluding hydrogens is 284 g/mol. The van der Waals surface area contributed by atoms with Gasteiger partial charge in [0.25, 0.3) is 0 Å². The molecule has 0 aromatic rings. The van der Waals surface area contributed by atoms with E-state index in [1.165, 1.54) is 0 Å². The molecule has 0 aliphatic carbocycles. The summed E-state index contributed by atoms with van der Waals surface area (Å²) in [7, 11) is 0.